The highest BCUT2D eigenvalue weighted by Gasteiger charge is 2.17. The second kappa shape index (κ2) is 3.98. The minimum absolute atomic E-state index is 1.23. The molecule has 18 heavy (non-hydrogen) atoms. The first-order chi connectivity index (χ1) is 8.68. The molecular weight excluding hydrogens is 220 g/mol. The van der Waals surface area contributed by atoms with Crippen LogP contribution in [0, 0.1) is 6.92 Å². The van der Waals surface area contributed by atoms with E-state index >= 15 is 0 Å². The van der Waals surface area contributed by atoms with E-state index in [1.807, 2.05) is 0 Å². The highest BCUT2D eigenvalue weighted by atomic mass is 15.1. The van der Waals surface area contributed by atoms with Crippen molar-refractivity contribution in [2.45, 2.75) is 6.92 Å². The summed E-state index contributed by atoms with van der Waals surface area (Å²) in [7, 11) is 4.17. The lowest BCUT2D eigenvalue weighted by molar-refractivity contribution is -0.659. The summed E-state index contributed by atoms with van der Waals surface area (Å²) in [6.07, 6.45) is 4.17. The van der Waals surface area contributed by atoms with Gasteiger partial charge in [0.05, 0.1) is 19.7 Å². The minimum Gasteiger partial charge on any atom is -0.233 e. The van der Waals surface area contributed by atoms with Crippen LogP contribution in [0.5, 0.6) is 0 Å². The molecule has 1 heterocycles. The average Bonchev–Trinajstić information content (AvgIpc) is 2.71. The summed E-state index contributed by atoms with van der Waals surface area (Å²) in [5.74, 6) is 1.23. The molecule has 1 aromatic heterocycles. The molecule has 0 aliphatic carbocycles. The molecule has 2 nitrogen and oxygen atoms in total. The van der Waals surface area contributed by atoms with Gasteiger partial charge in [-0.15, -0.1) is 0 Å². The van der Waals surface area contributed by atoms with Gasteiger partial charge in [-0.2, -0.15) is 0 Å². The Morgan fingerprint density at radius 3 is 2.56 bits per heavy atom. The topological polar surface area (TPSA) is 8.81 Å². The number of imidazole rings is 1. The summed E-state index contributed by atoms with van der Waals surface area (Å²) in [6, 6.07) is 13.0. The van der Waals surface area contributed by atoms with Crippen LogP contribution in [0.2, 0.25) is 0 Å². The number of fused-ring (bicyclic) bond motifs is 1. The first-order valence-electron chi connectivity index (χ1n) is 6.18. The number of aryl methyl sites for hydroxylation is 3. The third kappa shape index (κ3) is 1.53. The summed E-state index contributed by atoms with van der Waals surface area (Å²) in [4.78, 5) is 0. The summed E-state index contributed by atoms with van der Waals surface area (Å²) < 4.78 is 4.33. The maximum atomic E-state index is 2.22. The third-order valence-electron chi connectivity index (χ3n) is 3.62. The van der Waals surface area contributed by atoms with Gasteiger partial charge < -0.3 is 0 Å². The monoisotopic (exact) mass is 237 g/mol. The first-order valence-corrected chi connectivity index (χ1v) is 6.18. The molecule has 0 amide bonds. The highest BCUT2D eigenvalue weighted by Crippen LogP contribution is 2.27. The lowest BCUT2D eigenvalue weighted by Crippen LogP contribution is -2.29. The van der Waals surface area contributed by atoms with Crippen molar-refractivity contribution < 1.29 is 4.57 Å². The zero-order chi connectivity index (χ0) is 12.7. The number of hydrogen-bond acceptors (Lipinski definition) is 0. The molecule has 0 atom stereocenters. The van der Waals surface area contributed by atoms with Crippen molar-refractivity contribution in [2.24, 2.45) is 14.1 Å². The Balaban J connectivity index is 2.34. The smallest absolute Gasteiger partial charge is 0.233 e. The lowest BCUT2D eigenvalue weighted by Gasteiger charge is -2.07. The molecule has 0 fully saturated rings. The molecule has 90 valence electrons. The number of aromatic nitrogens is 2. The van der Waals surface area contributed by atoms with E-state index in [9.17, 15) is 0 Å². The van der Waals surface area contributed by atoms with Gasteiger partial charge in [-0.1, -0.05) is 30.3 Å². The maximum Gasteiger partial charge on any atom is 0.288 e. The molecule has 0 aliphatic heterocycles. The fourth-order valence-electron chi connectivity index (χ4n) is 2.64. The van der Waals surface area contributed by atoms with Gasteiger partial charge in [-0.25, -0.2) is 9.13 Å². The third-order valence-corrected chi connectivity index (χ3v) is 3.62. The highest BCUT2D eigenvalue weighted by molar-refractivity contribution is 5.90. The van der Waals surface area contributed by atoms with Crippen LogP contribution < -0.4 is 4.57 Å². The second-order valence-corrected chi connectivity index (χ2v) is 4.80. The van der Waals surface area contributed by atoms with Gasteiger partial charge in [0.1, 0.15) is 12.4 Å². The number of nitrogens with zero attached hydrogens (tertiary/aromatic N) is 2. The molecule has 3 rings (SSSR count). The Labute approximate surface area is 107 Å². The molecule has 0 radical (unpaired) electrons. The molecule has 0 unspecified atom stereocenters. The quantitative estimate of drug-likeness (QED) is 0.575. The van der Waals surface area contributed by atoms with Crippen LogP contribution in [0.15, 0.2) is 48.8 Å². The maximum absolute atomic E-state index is 2.22. The molecule has 2 aromatic carbocycles. The number of rotatable bonds is 1. The standard InChI is InChI=1S/C16H17N2/c1-12-14-7-5-4-6-13(14)8-9-15(12)16-17(2)10-11-18(16)3/h4-11H,1-3H3/q+1. The predicted molar refractivity (Wildman–Crippen MR) is 74.3 cm³/mol. The molecule has 0 aliphatic rings. The van der Waals surface area contributed by atoms with Gasteiger partial charge in [0.15, 0.2) is 0 Å². The van der Waals surface area contributed by atoms with Crippen LogP contribution >= 0.6 is 0 Å². The van der Waals surface area contributed by atoms with Crippen LogP contribution in [-0.2, 0) is 14.1 Å². The summed E-state index contributed by atoms with van der Waals surface area (Å²) in [5, 5.41) is 2.63. The van der Waals surface area contributed by atoms with Crippen LogP contribution in [0.25, 0.3) is 22.2 Å². The van der Waals surface area contributed by atoms with Crippen molar-refractivity contribution >= 4 is 10.8 Å². The van der Waals surface area contributed by atoms with Crippen molar-refractivity contribution in [3.05, 3.63) is 54.4 Å². The Bertz CT molecular complexity index is 704. The van der Waals surface area contributed by atoms with Gasteiger partial charge in [0.2, 0.25) is 0 Å². The van der Waals surface area contributed by atoms with E-state index in [-0.39, 0.29) is 0 Å². The van der Waals surface area contributed by atoms with Crippen LogP contribution in [0.4, 0.5) is 0 Å². The SMILES string of the molecule is Cc1c(-c2n(C)cc[n+]2C)ccc2ccccc12. The first kappa shape index (κ1) is 11.0. The van der Waals surface area contributed by atoms with E-state index in [0.29, 0.717) is 0 Å². The number of benzene rings is 2. The zero-order valence-electron chi connectivity index (χ0n) is 11.0. The van der Waals surface area contributed by atoms with Gasteiger partial charge in [-0.3, -0.25) is 0 Å². The fraction of sp³-hybridized carbons (Fsp3) is 0.188. The van der Waals surface area contributed by atoms with Crippen LogP contribution in [0.1, 0.15) is 5.56 Å². The van der Waals surface area contributed by atoms with Crippen molar-refractivity contribution in [2.75, 3.05) is 0 Å². The van der Waals surface area contributed by atoms with E-state index in [2.05, 4.69) is 78.9 Å². The van der Waals surface area contributed by atoms with Gasteiger partial charge in [0.25, 0.3) is 5.82 Å². The summed E-state index contributed by atoms with van der Waals surface area (Å²) >= 11 is 0. The molecule has 2 heteroatoms. The molecule has 0 bridgehead atoms. The second-order valence-electron chi connectivity index (χ2n) is 4.80. The average molecular weight is 237 g/mol. The van der Waals surface area contributed by atoms with E-state index < -0.39 is 0 Å². The molecule has 3 aromatic rings. The minimum atomic E-state index is 1.23. The molecule has 0 saturated heterocycles. The molecule has 0 spiro atoms. The fourth-order valence-corrected chi connectivity index (χ4v) is 2.64. The van der Waals surface area contributed by atoms with Gasteiger partial charge >= 0.3 is 0 Å². The van der Waals surface area contributed by atoms with Crippen molar-refractivity contribution in [3.8, 4) is 11.4 Å². The van der Waals surface area contributed by atoms with Crippen molar-refractivity contribution in [1.29, 1.82) is 0 Å². The van der Waals surface area contributed by atoms with E-state index in [0.717, 1.165) is 0 Å². The number of hydrogen-bond donors (Lipinski definition) is 0. The summed E-state index contributed by atoms with van der Waals surface area (Å²) in [6.45, 7) is 2.20. The molecule has 0 N–H and O–H groups in total. The van der Waals surface area contributed by atoms with Gasteiger partial charge in [0, 0.05) is 0 Å². The van der Waals surface area contributed by atoms with Crippen molar-refractivity contribution in [3.63, 3.8) is 0 Å². The normalized spacial score (nSPS) is 11.1. The van der Waals surface area contributed by atoms with E-state index in [1.165, 1.54) is 27.7 Å². The lowest BCUT2D eigenvalue weighted by atomic mass is 9.99. The predicted octanol–water partition coefficient (Wildman–Crippen LogP) is 2.98. The van der Waals surface area contributed by atoms with Crippen LogP contribution in [0.3, 0.4) is 0 Å². The molecule has 0 saturated carbocycles. The Morgan fingerprint density at radius 2 is 1.83 bits per heavy atom. The van der Waals surface area contributed by atoms with E-state index in [4.69, 9.17) is 0 Å². The largest absolute Gasteiger partial charge is 0.288 e. The van der Waals surface area contributed by atoms with E-state index in [1.54, 1.807) is 0 Å². The Hall–Kier alpha value is -2.09. The van der Waals surface area contributed by atoms with Crippen molar-refractivity contribution in [1.82, 2.24) is 4.57 Å². The van der Waals surface area contributed by atoms with Gasteiger partial charge in [-0.05, 0) is 29.3 Å². The summed E-state index contributed by atoms with van der Waals surface area (Å²) in [5.41, 5.74) is 2.63. The Morgan fingerprint density at radius 1 is 1.06 bits per heavy atom. The zero-order valence-corrected chi connectivity index (χ0v) is 11.0. The van der Waals surface area contributed by atoms with Crippen LogP contribution in [-0.4, -0.2) is 4.57 Å². The Kier molecular flexibility index (Phi) is 2.44. The molecular formula is C16H17N2+.